The van der Waals surface area contributed by atoms with Gasteiger partial charge in [-0.05, 0) is 17.7 Å². The maximum Gasteiger partial charge on any atom is 0.214 e. The molecule has 0 amide bonds. The van der Waals surface area contributed by atoms with E-state index >= 15 is 0 Å². The Morgan fingerprint density at radius 1 is 1.27 bits per heavy atom. The summed E-state index contributed by atoms with van der Waals surface area (Å²) in [6, 6.07) is 4.16. The zero-order chi connectivity index (χ0) is 15.6. The maximum absolute atomic E-state index is 5.75. The highest BCUT2D eigenvalue weighted by Gasteiger charge is 2.30. The monoisotopic (exact) mass is 301 g/mol. The van der Waals surface area contributed by atoms with Crippen molar-refractivity contribution >= 4 is 0 Å². The number of morpholine rings is 1. The summed E-state index contributed by atoms with van der Waals surface area (Å²) in [5, 5.41) is 0. The lowest BCUT2D eigenvalue weighted by Gasteiger charge is -2.33. The predicted octanol–water partition coefficient (Wildman–Crippen LogP) is 2.94. The molecule has 1 unspecified atom stereocenters. The van der Waals surface area contributed by atoms with E-state index in [9.17, 15) is 0 Å². The fourth-order valence-corrected chi connectivity index (χ4v) is 2.56. The summed E-state index contributed by atoms with van der Waals surface area (Å²) < 4.78 is 11.4. The van der Waals surface area contributed by atoms with Crippen LogP contribution in [0.25, 0.3) is 0 Å². The van der Waals surface area contributed by atoms with E-state index in [0.717, 1.165) is 31.3 Å². The summed E-state index contributed by atoms with van der Waals surface area (Å²) in [5.74, 6) is 0.749. The van der Waals surface area contributed by atoms with Crippen molar-refractivity contribution in [1.82, 2.24) is 14.9 Å². The molecule has 5 nitrogen and oxygen atoms in total. The molecule has 0 bridgehead atoms. The summed E-state index contributed by atoms with van der Waals surface area (Å²) in [6.45, 7) is 9.51. The minimum absolute atomic E-state index is 0.00674. The minimum Gasteiger partial charge on any atom is -0.447 e. The van der Waals surface area contributed by atoms with E-state index in [0.29, 0.717) is 6.61 Å². The number of oxazole rings is 1. The lowest BCUT2D eigenvalue weighted by Crippen LogP contribution is -2.39. The van der Waals surface area contributed by atoms with Gasteiger partial charge in [0.05, 0.1) is 18.9 Å². The van der Waals surface area contributed by atoms with Crippen molar-refractivity contribution in [1.29, 1.82) is 0 Å². The van der Waals surface area contributed by atoms with Crippen LogP contribution in [0.5, 0.6) is 0 Å². The van der Waals surface area contributed by atoms with E-state index in [1.165, 1.54) is 5.56 Å². The first kappa shape index (κ1) is 15.2. The third-order valence-electron chi connectivity index (χ3n) is 3.95. The van der Waals surface area contributed by atoms with Crippen molar-refractivity contribution in [2.75, 3.05) is 19.8 Å². The summed E-state index contributed by atoms with van der Waals surface area (Å²) in [4.78, 5) is 11.1. The molecule has 22 heavy (non-hydrogen) atoms. The standard InChI is InChI=1S/C17H23N3O2/c1-17(2,3)15-12-22-16(19-15)14-11-21-9-8-20(14)10-13-4-6-18-7-5-13/h4-7,12,14H,8-11H2,1-3H3. The first-order valence-corrected chi connectivity index (χ1v) is 7.70. The Labute approximate surface area is 131 Å². The Morgan fingerprint density at radius 2 is 2.05 bits per heavy atom. The van der Waals surface area contributed by atoms with E-state index < -0.39 is 0 Å². The van der Waals surface area contributed by atoms with E-state index in [2.05, 4.69) is 30.7 Å². The molecule has 0 saturated carbocycles. The molecule has 1 atom stereocenters. The highest BCUT2D eigenvalue weighted by atomic mass is 16.5. The van der Waals surface area contributed by atoms with Crippen LogP contribution in [-0.4, -0.2) is 34.6 Å². The van der Waals surface area contributed by atoms with Gasteiger partial charge in [-0.25, -0.2) is 4.98 Å². The summed E-state index contributed by atoms with van der Waals surface area (Å²) in [6.07, 6.45) is 5.43. The zero-order valence-electron chi connectivity index (χ0n) is 13.5. The molecule has 1 fully saturated rings. The normalized spacial score (nSPS) is 20.2. The third kappa shape index (κ3) is 3.36. The largest absolute Gasteiger partial charge is 0.447 e. The van der Waals surface area contributed by atoms with Gasteiger partial charge in [0, 0.05) is 30.9 Å². The highest BCUT2D eigenvalue weighted by Crippen LogP contribution is 2.28. The zero-order valence-corrected chi connectivity index (χ0v) is 13.5. The molecule has 3 heterocycles. The molecule has 1 saturated heterocycles. The molecule has 0 aliphatic carbocycles. The lowest BCUT2D eigenvalue weighted by atomic mass is 9.93. The fraction of sp³-hybridized carbons (Fsp3) is 0.529. The number of aromatic nitrogens is 2. The number of rotatable bonds is 3. The quantitative estimate of drug-likeness (QED) is 0.872. The molecular weight excluding hydrogens is 278 g/mol. The van der Waals surface area contributed by atoms with Gasteiger partial charge in [0.25, 0.3) is 0 Å². The van der Waals surface area contributed by atoms with Gasteiger partial charge < -0.3 is 9.15 Å². The number of ether oxygens (including phenoxy) is 1. The molecular formula is C17H23N3O2. The van der Waals surface area contributed by atoms with Crippen LogP contribution in [0.1, 0.15) is 44.0 Å². The highest BCUT2D eigenvalue weighted by molar-refractivity contribution is 5.13. The second-order valence-corrected chi connectivity index (χ2v) is 6.74. The van der Waals surface area contributed by atoms with Crippen LogP contribution in [0.3, 0.4) is 0 Å². The van der Waals surface area contributed by atoms with Crippen LogP contribution in [0.15, 0.2) is 35.2 Å². The molecule has 0 radical (unpaired) electrons. The van der Waals surface area contributed by atoms with Crippen molar-refractivity contribution in [3.63, 3.8) is 0 Å². The average Bonchev–Trinajstić information content (AvgIpc) is 2.99. The van der Waals surface area contributed by atoms with Gasteiger partial charge >= 0.3 is 0 Å². The van der Waals surface area contributed by atoms with Gasteiger partial charge in [-0.3, -0.25) is 9.88 Å². The molecule has 2 aromatic rings. The Balaban J connectivity index is 1.79. The molecule has 2 aromatic heterocycles. The third-order valence-corrected chi connectivity index (χ3v) is 3.95. The van der Waals surface area contributed by atoms with Crippen molar-refractivity contribution in [3.8, 4) is 0 Å². The molecule has 1 aliphatic rings. The fourth-order valence-electron chi connectivity index (χ4n) is 2.56. The van der Waals surface area contributed by atoms with Crippen molar-refractivity contribution in [3.05, 3.63) is 47.9 Å². The van der Waals surface area contributed by atoms with Gasteiger partial charge in [0.15, 0.2) is 0 Å². The number of hydrogen-bond acceptors (Lipinski definition) is 5. The number of hydrogen-bond donors (Lipinski definition) is 0. The Hall–Kier alpha value is -1.72. The topological polar surface area (TPSA) is 51.4 Å². The molecule has 3 rings (SSSR count). The van der Waals surface area contributed by atoms with Crippen LogP contribution in [0, 0.1) is 0 Å². The summed E-state index contributed by atoms with van der Waals surface area (Å²) >= 11 is 0. The Morgan fingerprint density at radius 3 is 2.73 bits per heavy atom. The number of nitrogens with zero attached hydrogens (tertiary/aromatic N) is 3. The molecule has 0 aromatic carbocycles. The smallest absolute Gasteiger partial charge is 0.214 e. The Kier molecular flexibility index (Phi) is 4.27. The maximum atomic E-state index is 5.75. The van der Waals surface area contributed by atoms with E-state index in [1.807, 2.05) is 24.5 Å². The molecule has 5 heteroatoms. The van der Waals surface area contributed by atoms with Crippen molar-refractivity contribution < 1.29 is 9.15 Å². The first-order valence-electron chi connectivity index (χ1n) is 7.70. The van der Waals surface area contributed by atoms with Crippen LogP contribution >= 0.6 is 0 Å². The minimum atomic E-state index is -0.00674. The van der Waals surface area contributed by atoms with E-state index in [4.69, 9.17) is 14.1 Å². The van der Waals surface area contributed by atoms with Crippen LogP contribution < -0.4 is 0 Å². The van der Waals surface area contributed by atoms with Gasteiger partial charge in [0.1, 0.15) is 12.3 Å². The predicted molar refractivity (Wildman–Crippen MR) is 83.4 cm³/mol. The summed E-state index contributed by atoms with van der Waals surface area (Å²) in [5.41, 5.74) is 2.22. The van der Waals surface area contributed by atoms with E-state index in [1.54, 1.807) is 6.26 Å². The molecule has 0 spiro atoms. The second kappa shape index (κ2) is 6.18. The van der Waals surface area contributed by atoms with Crippen LogP contribution in [0.2, 0.25) is 0 Å². The van der Waals surface area contributed by atoms with Crippen molar-refractivity contribution in [2.45, 2.75) is 38.8 Å². The first-order chi connectivity index (χ1) is 10.5. The summed E-state index contributed by atoms with van der Waals surface area (Å²) in [7, 11) is 0. The number of pyridine rings is 1. The SMILES string of the molecule is CC(C)(C)c1coc(C2COCCN2Cc2ccncc2)n1. The van der Waals surface area contributed by atoms with Gasteiger partial charge in [-0.15, -0.1) is 0 Å². The Bertz CT molecular complexity index is 604. The van der Waals surface area contributed by atoms with Gasteiger partial charge in [-0.2, -0.15) is 0 Å². The molecule has 0 N–H and O–H groups in total. The van der Waals surface area contributed by atoms with Crippen LogP contribution in [0.4, 0.5) is 0 Å². The van der Waals surface area contributed by atoms with Gasteiger partial charge in [0.2, 0.25) is 5.89 Å². The van der Waals surface area contributed by atoms with E-state index in [-0.39, 0.29) is 11.5 Å². The second-order valence-electron chi connectivity index (χ2n) is 6.74. The lowest BCUT2D eigenvalue weighted by molar-refractivity contribution is -0.0223. The van der Waals surface area contributed by atoms with Gasteiger partial charge in [-0.1, -0.05) is 20.8 Å². The van der Waals surface area contributed by atoms with Crippen molar-refractivity contribution in [2.24, 2.45) is 0 Å². The molecule has 1 aliphatic heterocycles. The average molecular weight is 301 g/mol. The molecule has 118 valence electrons. The van der Waals surface area contributed by atoms with Crippen LogP contribution in [-0.2, 0) is 16.7 Å².